The van der Waals surface area contributed by atoms with E-state index in [4.69, 9.17) is 4.74 Å². The van der Waals surface area contributed by atoms with Crippen LogP contribution in [0.5, 0.6) is 11.5 Å². The number of likely N-dealkylation sites (N-methyl/N-ethyl adjacent to an activating group) is 1. The summed E-state index contributed by atoms with van der Waals surface area (Å²) in [5, 5.41) is 31.0. The van der Waals surface area contributed by atoms with Gasteiger partial charge in [-0.25, -0.2) is 0 Å². The molecule has 6 nitrogen and oxygen atoms in total. The van der Waals surface area contributed by atoms with Gasteiger partial charge in [0, 0.05) is 34.6 Å². The lowest BCUT2D eigenvalue weighted by atomic mass is 9.82. The molecule has 31 heavy (non-hydrogen) atoms. The van der Waals surface area contributed by atoms with E-state index < -0.39 is 11.9 Å². The topological polar surface area (TPSA) is 90.2 Å². The number of likely N-dealkylation sites (tertiary alicyclic amines) is 1. The van der Waals surface area contributed by atoms with Crippen molar-refractivity contribution in [2.45, 2.75) is 38.9 Å². The Bertz CT molecular complexity index is 982. The van der Waals surface area contributed by atoms with Crippen LogP contribution < -0.4 is 4.74 Å². The Labute approximate surface area is 190 Å². The predicted octanol–water partition coefficient (Wildman–Crippen LogP) is 4.47. The summed E-state index contributed by atoms with van der Waals surface area (Å²) in [5.74, 6) is -0.620. The van der Waals surface area contributed by atoms with Crippen molar-refractivity contribution >= 4 is 21.7 Å². The standard InChI is InChI=1S/C24H28BrNO5/c1-14(27)10-19(28)24-15(2)23(18-8-9-26(3)12-21(18)30)22(11-20(24)29)31-13-16-4-6-17(25)7-5-16/h4-7,10-11,18,21,27,29-30H,8-9,12-13H2,1-3H3/b14-10-. The van der Waals surface area contributed by atoms with Gasteiger partial charge in [0.25, 0.3) is 0 Å². The summed E-state index contributed by atoms with van der Waals surface area (Å²) in [6, 6.07) is 9.17. The van der Waals surface area contributed by atoms with E-state index >= 15 is 0 Å². The number of ether oxygens (including phenoxy) is 1. The number of carbonyl (C=O) groups excluding carboxylic acids is 1. The zero-order valence-electron chi connectivity index (χ0n) is 17.9. The molecule has 0 radical (unpaired) electrons. The van der Waals surface area contributed by atoms with Gasteiger partial charge in [0.1, 0.15) is 18.1 Å². The van der Waals surface area contributed by atoms with E-state index in [0.29, 0.717) is 24.3 Å². The molecule has 1 heterocycles. The highest BCUT2D eigenvalue weighted by Crippen LogP contribution is 2.42. The highest BCUT2D eigenvalue weighted by Gasteiger charge is 2.33. The van der Waals surface area contributed by atoms with Gasteiger partial charge < -0.3 is 25.0 Å². The summed E-state index contributed by atoms with van der Waals surface area (Å²) in [7, 11) is 1.96. The lowest BCUT2D eigenvalue weighted by Crippen LogP contribution is -2.40. The van der Waals surface area contributed by atoms with Crippen molar-refractivity contribution in [2.24, 2.45) is 0 Å². The van der Waals surface area contributed by atoms with Gasteiger partial charge >= 0.3 is 0 Å². The molecular formula is C24H28BrNO5. The van der Waals surface area contributed by atoms with E-state index in [1.54, 1.807) is 6.92 Å². The van der Waals surface area contributed by atoms with Crippen molar-refractivity contribution in [2.75, 3.05) is 20.1 Å². The van der Waals surface area contributed by atoms with Crippen molar-refractivity contribution in [1.82, 2.24) is 4.90 Å². The normalized spacial score (nSPS) is 20.0. The van der Waals surface area contributed by atoms with Crippen LogP contribution in [-0.2, 0) is 6.61 Å². The molecule has 2 unspecified atom stereocenters. The quantitative estimate of drug-likeness (QED) is 0.315. The van der Waals surface area contributed by atoms with E-state index in [1.807, 2.05) is 31.3 Å². The van der Waals surface area contributed by atoms with Gasteiger partial charge in [-0.3, -0.25) is 4.79 Å². The van der Waals surface area contributed by atoms with Crippen molar-refractivity contribution < 1.29 is 24.9 Å². The monoisotopic (exact) mass is 489 g/mol. The minimum Gasteiger partial charge on any atom is -0.512 e. The highest BCUT2D eigenvalue weighted by atomic mass is 79.9. The lowest BCUT2D eigenvalue weighted by molar-refractivity contribution is 0.0622. The lowest BCUT2D eigenvalue weighted by Gasteiger charge is -2.35. The number of hydrogen-bond donors (Lipinski definition) is 3. The molecule has 1 fully saturated rings. The molecule has 1 saturated heterocycles. The first kappa shape index (κ1) is 23.3. The van der Waals surface area contributed by atoms with Crippen LogP contribution >= 0.6 is 15.9 Å². The fourth-order valence-corrected chi connectivity index (χ4v) is 4.37. The number of aromatic hydroxyl groups is 1. The molecule has 1 aliphatic heterocycles. The molecule has 2 atom stereocenters. The van der Waals surface area contributed by atoms with Gasteiger partial charge in [0.15, 0.2) is 5.78 Å². The zero-order valence-corrected chi connectivity index (χ0v) is 19.5. The fourth-order valence-electron chi connectivity index (χ4n) is 4.11. The van der Waals surface area contributed by atoms with Crippen LogP contribution in [0.25, 0.3) is 0 Å². The van der Waals surface area contributed by atoms with Crippen molar-refractivity contribution in [3.63, 3.8) is 0 Å². The molecule has 0 spiro atoms. The van der Waals surface area contributed by atoms with Crippen LogP contribution in [0, 0.1) is 6.92 Å². The molecule has 0 aromatic heterocycles. The summed E-state index contributed by atoms with van der Waals surface area (Å²) >= 11 is 3.41. The van der Waals surface area contributed by atoms with E-state index in [0.717, 1.165) is 28.2 Å². The van der Waals surface area contributed by atoms with Gasteiger partial charge in [0.05, 0.1) is 17.4 Å². The summed E-state index contributed by atoms with van der Waals surface area (Å²) < 4.78 is 7.06. The Morgan fingerprint density at radius 3 is 2.61 bits per heavy atom. The molecule has 0 amide bonds. The Hall–Kier alpha value is -2.35. The van der Waals surface area contributed by atoms with Gasteiger partial charge in [-0.05, 0) is 57.1 Å². The first-order chi connectivity index (χ1) is 14.7. The number of benzene rings is 2. The number of ketones is 1. The van der Waals surface area contributed by atoms with Crippen molar-refractivity contribution in [3.05, 3.63) is 68.9 Å². The van der Waals surface area contributed by atoms with E-state index in [-0.39, 0.29) is 29.6 Å². The molecule has 2 aromatic carbocycles. The van der Waals surface area contributed by atoms with E-state index in [1.165, 1.54) is 13.0 Å². The Morgan fingerprint density at radius 1 is 1.32 bits per heavy atom. The summed E-state index contributed by atoms with van der Waals surface area (Å²) in [4.78, 5) is 14.7. The van der Waals surface area contributed by atoms with Crippen LogP contribution in [0.1, 0.15) is 46.3 Å². The number of piperidine rings is 1. The zero-order chi connectivity index (χ0) is 22.7. The Balaban J connectivity index is 2.04. The van der Waals surface area contributed by atoms with E-state index in [9.17, 15) is 20.1 Å². The molecule has 3 N–H and O–H groups in total. The number of phenolic OH excluding ortho intramolecular Hbond substituents is 1. The molecule has 3 rings (SSSR count). The highest BCUT2D eigenvalue weighted by molar-refractivity contribution is 9.10. The van der Waals surface area contributed by atoms with Crippen LogP contribution in [0.2, 0.25) is 0 Å². The van der Waals surface area contributed by atoms with Crippen LogP contribution in [0.15, 0.2) is 46.6 Å². The second kappa shape index (κ2) is 9.85. The average molecular weight is 490 g/mol. The van der Waals surface area contributed by atoms with Gasteiger partial charge in [-0.1, -0.05) is 28.1 Å². The third-order valence-corrected chi connectivity index (χ3v) is 6.15. The van der Waals surface area contributed by atoms with Gasteiger partial charge in [-0.2, -0.15) is 0 Å². The second-order valence-corrected chi connectivity index (χ2v) is 9.01. The number of carbonyl (C=O) groups is 1. The fraction of sp³-hybridized carbons (Fsp3) is 0.375. The van der Waals surface area contributed by atoms with Crippen molar-refractivity contribution in [1.29, 1.82) is 0 Å². The number of halogens is 1. The molecule has 0 aliphatic carbocycles. The molecule has 2 aromatic rings. The minimum atomic E-state index is -0.630. The van der Waals surface area contributed by atoms with Gasteiger partial charge in [0.2, 0.25) is 0 Å². The molecule has 166 valence electrons. The second-order valence-electron chi connectivity index (χ2n) is 8.10. The van der Waals surface area contributed by atoms with Crippen LogP contribution in [-0.4, -0.2) is 52.2 Å². The number of hydrogen-bond acceptors (Lipinski definition) is 6. The molecular weight excluding hydrogens is 462 g/mol. The third kappa shape index (κ3) is 5.47. The predicted molar refractivity (Wildman–Crippen MR) is 123 cm³/mol. The SMILES string of the molecule is C/C(O)=C/C(=O)c1c(O)cc(OCc2ccc(Br)cc2)c(C2CCN(C)CC2O)c1C. The van der Waals surface area contributed by atoms with Crippen LogP contribution in [0.3, 0.4) is 0 Å². The maximum Gasteiger partial charge on any atom is 0.193 e. The summed E-state index contributed by atoms with van der Waals surface area (Å²) in [6.45, 7) is 4.75. The number of allylic oxidation sites excluding steroid dienone is 2. The molecule has 1 aliphatic rings. The van der Waals surface area contributed by atoms with Crippen molar-refractivity contribution in [3.8, 4) is 11.5 Å². The molecule has 7 heteroatoms. The smallest absolute Gasteiger partial charge is 0.193 e. The third-order valence-electron chi connectivity index (χ3n) is 5.62. The maximum absolute atomic E-state index is 12.7. The maximum atomic E-state index is 12.7. The Morgan fingerprint density at radius 2 is 2.00 bits per heavy atom. The first-order valence-corrected chi connectivity index (χ1v) is 11.0. The number of phenols is 1. The largest absolute Gasteiger partial charge is 0.512 e. The number of aliphatic hydroxyl groups excluding tert-OH is 2. The number of rotatable bonds is 6. The number of nitrogens with zero attached hydrogens (tertiary/aromatic N) is 1. The van der Waals surface area contributed by atoms with E-state index in [2.05, 4.69) is 20.8 Å². The van der Waals surface area contributed by atoms with Crippen LogP contribution in [0.4, 0.5) is 0 Å². The minimum absolute atomic E-state index is 0.116. The number of aliphatic hydroxyl groups is 2. The summed E-state index contributed by atoms with van der Waals surface area (Å²) in [6.07, 6.45) is 1.15. The average Bonchev–Trinajstić information content (AvgIpc) is 2.68. The Kier molecular flexibility index (Phi) is 7.41. The number of β-amino-alcohol motifs (C(OH)–C–C–N with tert-alkyl or cyclic N) is 1. The van der Waals surface area contributed by atoms with Gasteiger partial charge in [-0.15, -0.1) is 0 Å². The molecule has 0 bridgehead atoms. The first-order valence-electron chi connectivity index (χ1n) is 10.2. The molecule has 0 saturated carbocycles. The summed E-state index contributed by atoms with van der Waals surface area (Å²) in [5.41, 5.74) is 2.35.